The van der Waals surface area contributed by atoms with E-state index in [9.17, 15) is 5.26 Å². The molecule has 0 bridgehead atoms. The average Bonchev–Trinajstić information content (AvgIpc) is 3.49. The van der Waals surface area contributed by atoms with Gasteiger partial charge in [-0.2, -0.15) is 5.26 Å². The Morgan fingerprint density at radius 1 is 1.06 bits per heavy atom. The summed E-state index contributed by atoms with van der Waals surface area (Å²) in [6, 6.07) is 19.7. The van der Waals surface area contributed by atoms with Gasteiger partial charge in [-0.05, 0) is 83.8 Å². The Labute approximate surface area is 214 Å². The molecule has 3 aromatic carbocycles. The molecule has 0 spiro atoms. The Morgan fingerprint density at radius 2 is 1.81 bits per heavy atom. The van der Waals surface area contributed by atoms with Gasteiger partial charge in [-0.15, -0.1) is 0 Å². The molecular formula is C32H33N3O. The Kier molecular flexibility index (Phi) is 6.43. The Bertz CT molecular complexity index is 1440. The second-order valence-electron chi connectivity index (χ2n) is 9.87. The molecule has 5 rings (SSSR count). The zero-order chi connectivity index (χ0) is 25.4. The van der Waals surface area contributed by atoms with Gasteiger partial charge in [0.15, 0.2) is 0 Å². The highest BCUT2D eigenvalue weighted by molar-refractivity contribution is 5.78. The van der Waals surface area contributed by atoms with Gasteiger partial charge in [0, 0.05) is 24.2 Å². The van der Waals surface area contributed by atoms with Crippen molar-refractivity contribution in [2.45, 2.75) is 46.6 Å². The highest BCUT2D eigenvalue weighted by atomic mass is 16.5. The largest absolute Gasteiger partial charge is 0.460 e. The van der Waals surface area contributed by atoms with Crippen LogP contribution in [0, 0.1) is 25.2 Å². The van der Waals surface area contributed by atoms with E-state index in [1.807, 2.05) is 6.07 Å². The predicted molar refractivity (Wildman–Crippen MR) is 148 cm³/mol. The number of nitriles is 1. The molecule has 182 valence electrons. The van der Waals surface area contributed by atoms with Crippen LogP contribution in [0.3, 0.4) is 0 Å². The molecule has 4 heteroatoms. The predicted octanol–water partition coefficient (Wildman–Crippen LogP) is 6.98. The van der Waals surface area contributed by atoms with Gasteiger partial charge >= 0.3 is 0 Å². The van der Waals surface area contributed by atoms with Crippen LogP contribution in [0.15, 0.2) is 66.4 Å². The number of hydrogen-bond acceptors (Lipinski definition) is 4. The quantitative estimate of drug-likeness (QED) is 0.378. The Morgan fingerprint density at radius 3 is 2.50 bits per heavy atom. The highest BCUT2D eigenvalue weighted by Gasteiger charge is 2.27. The van der Waals surface area contributed by atoms with Gasteiger partial charge in [-0.3, -0.25) is 0 Å². The Balaban J connectivity index is 1.47. The number of fused-ring (bicyclic) bond motifs is 1. The van der Waals surface area contributed by atoms with Gasteiger partial charge in [-0.1, -0.05) is 49.9 Å². The summed E-state index contributed by atoms with van der Waals surface area (Å²) >= 11 is 0. The molecule has 2 aliphatic rings. The summed E-state index contributed by atoms with van der Waals surface area (Å²) < 4.78 is 6.18. The summed E-state index contributed by atoms with van der Waals surface area (Å²) in [5.74, 6) is 1.66. The van der Waals surface area contributed by atoms with Gasteiger partial charge in [0.05, 0.1) is 24.2 Å². The summed E-state index contributed by atoms with van der Waals surface area (Å²) in [4.78, 5) is 0. The van der Waals surface area contributed by atoms with Gasteiger partial charge in [0.1, 0.15) is 11.5 Å². The monoisotopic (exact) mass is 475 g/mol. The maximum absolute atomic E-state index is 9.73. The number of rotatable bonds is 6. The summed E-state index contributed by atoms with van der Waals surface area (Å²) in [5.41, 5.74) is 12.5. The van der Waals surface area contributed by atoms with Crippen LogP contribution < -0.4 is 10.6 Å². The van der Waals surface area contributed by atoms with E-state index in [4.69, 9.17) is 4.74 Å². The number of ether oxygens (including phenoxy) is 1. The second kappa shape index (κ2) is 9.68. The van der Waals surface area contributed by atoms with Crippen LogP contribution >= 0.6 is 0 Å². The van der Waals surface area contributed by atoms with Crippen LogP contribution in [0.5, 0.6) is 0 Å². The van der Waals surface area contributed by atoms with E-state index < -0.39 is 0 Å². The smallest absolute Gasteiger partial charge is 0.127 e. The van der Waals surface area contributed by atoms with E-state index in [-0.39, 0.29) is 6.04 Å². The fourth-order valence-corrected chi connectivity index (χ4v) is 5.51. The summed E-state index contributed by atoms with van der Waals surface area (Å²) in [6.45, 7) is 14.4. The maximum Gasteiger partial charge on any atom is 0.127 e. The zero-order valence-corrected chi connectivity index (χ0v) is 21.6. The minimum atomic E-state index is 0.144. The normalized spacial score (nSPS) is 16.5. The molecule has 1 unspecified atom stereocenters. The molecule has 0 saturated carbocycles. The molecule has 3 aromatic rings. The lowest BCUT2D eigenvalue weighted by atomic mass is 9.88. The maximum atomic E-state index is 9.73. The van der Waals surface area contributed by atoms with E-state index in [1.54, 1.807) is 0 Å². The molecule has 1 atom stereocenters. The lowest BCUT2D eigenvalue weighted by molar-refractivity contribution is 0.374. The summed E-state index contributed by atoms with van der Waals surface area (Å²) in [6.07, 6.45) is 1.74. The summed E-state index contributed by atoms with van der Waals surface area (Å²) in [5, 5.41) is 16.8. The molecule has 4 nitrogen and oxygen atoms in total. The van der Waals surface area contributed by atoms with Crippen LogP contribution in [0.1, 0.15) is 58.8 Å². The van der Waals surface area contributed by atoms with Crippen molar-refractivity contribution in [3.63, 3.8) is 0 Å². The first-order valence-corrected chi connectivity index (χ1v) is 12.7. The van der Waals surface area contributed by atoms with Crippen molar-refractivity contribution in [2.24, 2.45) is 0 Å². The molecule has 0 radical (unpaired) electrons. The molecule has 2 aliphatic heterocycles. The molecule has 0 amide bonds. The van der Waals surface area contributed by atoms with Crippen LogP contribution in [0.25, 0.3) is 16.9 Å². The van der Waals surface area contributed by atoms with Crippen molar-refractivity contribution in [1.29, 1.82) is 5.26 Å². The van der Waals surface area contributed by atoms with Gasteiger partial charge < -0.3 is 15.4 Å². The van der Waals surface area contributed by atoms with E-state index in [2.05, 4.69) is 93.4 Å². The van der Waals surface area contributed by atoms with E-state index in [0.717, 1.165) is 59.6 Å². The zero-order valence-electron chi connectivity index (χ0n) is 21.6. The molecule has 0 saturated heterocycles. The third kappa shape index (κ3) is 4.21. The number of nitrogens with zero attached hydrogens (tertiary/aromatic N) is 1. The van der Waals surface area contributed by atoms with Gasteiger partial charge in [0.2, 0.25) is 0 Å². The SMILES string of the molecule is C=C(OC1=C(C)CNC1)c1cccc(-c2cccc(C3Cc4c(C#N)cc(CC)cc4N3)c2C)c1C. The van der Waals surface area contributed by atoms with Gasteiger partial charge in [-0.25, -0.2) is 0 Å². The lowest BCUT2D eigenvalue weighted by Crippen LogP contribution is -2.09. The first-order chi connectivity index (χ1) is 17.4. The van der Waals surface area contributed by atoms with Crippen molar-refractivity contribution >= 4 is 11.4 Å². The number of anilines is 1. The number of nitrogens with one attached hydrogen (secondary N) is 2. The van der Waals surface area contributed by atoms with E-state index in [1.165, 1.54) is 33.4 Å². The second-order valence-corrected chi connectivity index (χ2v) is 9.87. The first kappa shape index (κ1) is 23.9. The lowest BCUT2D eigenvalue weighted by Gasteiger charge is -2.20. The molecule has 2 N–H and O–H groups in total. The number of aryl methyl sites for hydroxylation is 1. The van der Waals surface area contributed by atoms with Crippen molar-refractivity contribution < 1.29 is 4.74 Å². The van der Waals surface area contributed by atoms with E-state index in [0.29, 0.717) is 5.76 Å². The highest BCUT2D eigenvalue weighted by Crippen LogP contribution is 2.41. The minimum Gasteiger partial charge on any atom is -0.460 e. The van der Waals surface area contributed by atoms with Crippen LogP contribution in [-0.4, -0.2) is 13.1 Å². The molecule has 2 heterocycles. The number of hydrogen-bond donors (Lipinski definition) is 2. The van der Waals surface area contributed by atoms with Crippen LogP contribution in [0.4, 0.5) is 5.69 Å². The fraction of sp³-hybridized carbons (Fsp3) is 0.281. The molecule has 0 aliphatic carbocycles. The standard InChI is InChI=1S/C32H33N3O/c1-6-23-13-24(16-33)29-15-31(35-30(29)14-23)28-12-8-11-27(21(28)4)26-10-7-9-25(20(26)3)22(5)36-32-18-34-17-19(32)2/h7-14,31,34-35H,5-6,15,17-18H2,1-4H3. The fourth-order valence-electron chi connectivity index (χ4n) is 5.51. The Hall–Kier alpha value is -3.81. The first-order valence-electron chi connectivity index (χ1n) is 12.7. The topological polar surface area (TPSA) is 57.1 Å². The summed E-state index contributed by atoms with van der Waals surface area (Å²) in [7, 11) is 0. The van der Waals surface area contributed by atoms with Crippen molar-refractivity contribution in [3.8, 4) is 17.2 Å². The van der Waals surface area contributed by atoms with Crippen molar-refractivity contribution in [1.82, 2.24) is 5.32 Å². The third-order valence-corrected chi connectivity index (χ3v) is 7.65. The number of benzene rings is 3. The van der Waals surface area contributed by atoms with Crippen LogP contribution in [-0.2, 0) is 17.6 Å². The molecular weight excluding hydrogens is 442 g/mol. The molecule has 0 aromatic heterocycles. The molecule has 36 heavy (non-hydrogen) atoms. The van der Waals surface area contributed by atoms with Crippen molar-refractivity contribution in [2.75, 3.05) is 18.4 Å². The third-order valence-electron chi connectivity index (χ3n) is 7.65. The van der Waals surface area contributed by atoms with Gasteiger partial charge in [0.25, 0.3) is 0 Å². The molecule has 0 fully saturated rings. The van der Waals surface area contributed by atoms with Crippen LogP contribution in [0.2, 0.25) is 0 Å². The van der Waals surface area contributed by atoms with Crippen molar-refractivity contribution in [3.05, 3.63) is 105 Å². The van der Waals surface area contributed by atoms with E-state index >= 15 is 0 Å². The minimum absolute atomic E-state index is 0.144. The average molecular weight is 476 g/mol.